The monoisotopic (exact) mass is 436 g/mol. The molecule has 1 saturated carbocycles. The minimum Gasteiger partial charge on any atom is -0.396 e. The van der Waals surface area contributed by atoms with Crippen molar-refractivity contribution in [1.82, 2.24) is 14.5 Å². The maximum absolute atomic E-state index is 11.8. The summed E-state index contributed by atoms with van der Waals surface area (Å²) in [6.07, 6.45) is 8.84. The molecule has 32 heavy (non-hydrogen) atoms. The second-order valence-corrected chi connectivity index (χ2v) is 8.95. The SMILES string of the molecule is Nc1nc(N2CCC(CO)C2)cc(-c2ccc3c(c2)ncn3C2CCCCC2)c1[N+](=O)[O-]. The van der Waals surface area contributed by atoms with Gasteiger partial charge in [-0.25, -0.2) is 9.97 Å². The van der Waals surface area contributed by atoms with Crippen molar-refractivity contribution in [1.29, 1.82) is 0 Å². The highest BCUT2D eigenvalue weighted by molar-refractivity contribution is 5.88. The molecule has 1 unspecified atom stereocenters. The number of aliphatic hydroxyl groups is 1. The zero-order valence-corrected chi connectivity index (χ0v) is 18.0. The Morgan fingerprint density at radius 2 is 2.00 bits per heavy atom. The molecule has 2 fully saturated rings. The van der Waals surface area contributed by atoms with Crippen molar-refractivity contribution in [2.24, 2.45) is 5.92 Å². The van der Waals surface area contributed by atoms with Gasteiger partial charge in [-0.2, -0.15) is 0 Å². The van der Waals surface area contributed by atoms with Gasteiger partial charge in [0.1, 0.15) is 5.82 Å². The zero-order chi connectivity index (χ0) is 22.2. The quantitative estimate of drug-likeness (QED) is 0.459. The summed E-state index contributed by atoms with van der Waals surface area (Å²) in [6.45, 7) is 1.51. The first-order valence-corrected chi connectivity index (χ1v) is 11.3. The van der Waals surface area contributed by atoms with Crippen LogP contribution in [0.25, 0.3) is 22.2 Å². The van der Waals surface area contributed by atoms with Crippen molar-refractivity contribution in [2.75, 3.05) is 30.3 Å². The molecule has 0 amide bonds. The number of hydrogen-bond acceptors (Lipinski definition) is 7. The fraction of sp³-hybridized carbons (Fsp3) is 0.478. The molecule has 0 spiro atoms. The van der Waals surface area contributed by atoms with Gasteiger partial charge in [0.25, 0.3) is 0 Å². The molecule has 0 bridgehead atoms. The Balaban J connectivity index is 1.56. The molecule has 3 aromatic rings. The Bertz CT molecular complexity index is 1150. The lowest BCUT2D eigenvalue weighted by Gasteiger charge is -2.23. The number of pyridine rings is 1. The van der Waals surface area contributed by atoms with E-state index in [4.69, 9.17) is 5.73 Å². The second kappa shape index (κ2) is 8.38. The minimum atomic E-state index is -0.465. The third-order valence-corrected chi connectivity index (χ3v) is 6.91. The van der Waals surface area contributed by atoms with Gasteiger partial charge in [-0.15, -0.1) is 0 Å². The molecule has 1 atom stereocenters. The molecular weight excluding hydrogens is 408 g/mol. The summed E-state index contributed by atoms with van der Waals surface area (Å²) >= 11 is 0. The second-order valence-electron chi connectivity index (χ2n) is 8.95. The number of anilines is 2. The molecule has 5 rings (SSSR count). The Morgan fingerprint density at radius 3 is 2.72 bits per heavy atom. The van der Waals surface area contributed by atoms with Crippen LogP contribution in [0.3, 0.4) is 0 Å². The largest absolute Gasteiger partial charge is 0.396 e. The lowest BCUT2D eigenvalue weighted by molar-refractivity contribution is -0.383. The van der Waals surface area contributed by atoms with E-state index >= 15 is 0 Å². The Hall–Kier alpha value is -3.20. The standard InChI is InChI=1S/C23H28N6O3/c24-23-22(29(31)32)18(11-21(26-23)27-9-8-15(12-27)13-30)16-6-7-20-19(10-16)25-14-28(20)17-4-2-1-3-5-17/h6-7,10-11,14-15,17,30H,1-5,8-9,12-13H2,(H2,24,26). The predicted octanol–water partition coefficient (Wildman–Crippen LogP) is 3.91. The van der Waals surface area contributed by atoms with Gasteiger partial charge in [0, 0.05) is 31.7 Å². The molecule has 3 N–H and O–H groups in total. The Labute approximate surface area is 186 Å². The molecule has 1 aliphatic heterocycles. The third-order valence-electron chi connectivity index (χ3n) is 6.91. The summed E-state index contributed by atoms with van der Waals surface area (Å²) in [5.74, 6) is 0.687. The summed E-state index contributed by atoms with van der Waals surface area (Å²) in [6, 6.07) is 8.03. The number of fused-ring (bicyclic) bond motifs is 1. The van der Waals surface area contributed by atoms with Gasteiger partial charge in [-0.1, -0.05) is 25.3 Å². The maximum Gasteiger partial charge on any atom is 0.319 e. The van der Waals surface area contributed by atoms with Gasteiger partial charge < -0.3 is 20.3 Å². The summed E-state index contributed by atoms with van der Waals surface area (Å²) < 4.78 is 2.25. The van der Waals surface area contributed by atoms with E-state index in [0.29, 0.717) is 29.5 Å². The van der Waals surface area contributed by atoms with Crippen molar-refractivity contribution in [3.05, 3.63) is 40.7 Å². The third kappa shape index (κ3) is 3.66. The van der Waals surface area contributed by atoms with Crippen LogP contribution in [0.5, 0.6) is 0 Å². The van der Waals surface area contributed by atoms with Crippen molar-refractivity contribution in [3.63, 3.8) is 0 Å². The minimum absolute atomic E-state index is 0.0946. The van der Waals surface area contributed by atoms with Crippen LogP contribution in [0.15, 0.2) is 30.6 Å². The van der Waals surface area contributed by atoms with Crippen LogP contribution >= 0.6 is 0 Å². The van der Waals surface area contributed by atoms with Crippen LogP contribution in [0.1, 0.15) is 44.6 Å². The summed E-state index contributed by atoms with van der Waals surface area (Å²) in [5.41, 5.74) is 8.89. The van der Waals surface area contributed by atoms with Crippen molar-refractivity contribution in [2.45, 2.75) is 44.6 Å². The van der Waals surface area contributed by atoms with Crippen LogP contribution in [0, 0.1) is 16.0 Å². The topological polar surface area (TPSA) is 123 Å². The van der Waals surface area contributed by atoms with E-state index in [2.05, 4.69) is 14.5 Å². The predicted molar refractivity (Wildman–Crippen MR) is 124 cm³/mol. The smallest absolute Gasteiger partial charge is 0.319 e. The average Bonchev–Trinajstić information content (AvgIpc) is 3.45. The van der Waals surface area contributed by atoms with Crippen molar-refractivity contribution >= 4 is 28.4 Å². The number of nitro groups is 1. The van der Waals surface area contributed by atoms with Crippen molar-refractivity contribution in [3.8, 4) is 11.1 Å². The molecule has 2 aromatic heterocycles. The van der Waals surface area contributed by atoms with Crippen molar-refractivity contribution < 1.29 is 10.0 Å². The molecule has 9 nitrogen and oxygen atoms in total. The fourth-order valence-electron chi connectivity index (χ4n) is 5.16. The normalized spacial score (nSPS) is 19.7. The first kappa shape index (κ1) is 20.7. The number of nitrogens with two attached hydrogens (primary N) is 1. The molecule has 9 heteroatoms. The average molecular weight is 437 g/mol. The molecule has 1 saturated heterocycles. The number of aromatic nitrogens is 3. The van der Waals surface area contributed by atoms with E-state index in [1.165, 1.54) is 19.3 Å². The van der Waals surface area contributed by atoms with E-state index in [0.717, 1.165) is 36.8 Å². The highest BCUT2D eigenvalue weighted by atomic mass is 16.6. The van der Waals surface area contributed by atoms with E-state index in [1.807, 2.05) is 29.4 Å². The van der Waals surface area contributed by atoms with Gasteiger partial charge in [0.2, 0.25) is 5.82 Å². The summed E-state index contributed by atoms with van der Waals surface area (Å²) in [7, 11) is 0. The highest BCUT2D eigenvalue weighted by Gasteiger charge is 2.28. The van der Waals surface area contributed by atoms with Crippen LogP contribution < -0.4 is 10.6 Å². The number of nitrogens with zero attached hydrogens (tertiary/aromatic N) is 5. The number of aliphatic hydroxyl groups excluding tert-OH is 1. The van der Waals surface area contributed by atoms with Gasteiger partial charge in [0.05, 0.1) is 27.8 Å². The van der Waals surface area contributed by atoms with Gasteiger partial charge in [0.15, 0.2) is 0 Å². The van der Waals surface area contributed by atoms with E-state index in [1.54, 1.807) is 6.07 Å². The van der Waals surface area contributed by atoms with E-state index in [9.17, 15) is 15.2 Å². The zero-order valence-electron chi connectivity index (χ0n) is 18.0. The molecule has 3 heterocycles. The Morgan fingerprint density at radius 1 is 1.19 bits per heavy atom. The molecule has 1 aliphatic carbocycles. The number of rotatable bonds is 5. The van der Waals surface area contributed by atoms with Crippen LogP contribution in [0.2, 0.25) is 0 Å². The van der Waals surface area contributed by atoms with Crippen LogP contribution in [-0.4, -0.2) is 44.3 Å². The molecule has 1 aromatic carbocycles. The van der Waals surface area contributed by atoms with E-state index < -0.39 is 4.92 Å². The van der Waals surface area contributed by atoms with Gasteiger partial charge in [-0.05, 0) is 43.0 Å². The lowest BCUT2D eigenvalue weighted by Crippen LogP contribution is -2.22. The van der Waals surface area contributed by atoms with E-state index in [-0.39, 0.29) is 24.0 Å². The lowest BCUT2D eigenvalue weighted by atomic mass is 9.95. The number of imidazole rings is 1. The fourth-order valence-corrected chi connectivity index (χ4v) is 5.16. The summed E-state index contributed by atoms with van der Waals surface area (Å²) in [5, 5.41) is 21.3. The molecular formula is C23H28N6O3. The van der Waals surface area contributed by atoms with Crippen LogP contribution in [-0.2, 0) is 0 Å². The first-order valence-electron chi connectivity index (χ1n) is 11.3. The van der Waals surface area contributed by atoms with Gasteiger partial charge >= 0.3 is 5.69 Å². The number of benzene rings is 1. The van der Waals surface area contributed by atoms with Gasteiger partial charge in [-0.3, -0.25) is 10.1 Å². The summed E-state index contributed by atoms with van der Waals surface area (Å²) in [4.78, 5) is 22.3. The molecule has 2 aliphatic rings. The Kier molecular flexibility index (Phi) is 5.42. The molecule has 0 radical (unpaired) electrons. The number of hydrogen-bond donors (Lipinski definition) is 2. The number of nitrogen functional groups attached to an aromatic ring is 1. The molecule has 168 valence electrons. The maximum atomic E-state index is 11.8. The van der Waals surface area contributed by atoms with Crippen LogP contribution in [0.4, 0.5) is 17.3 Å². The first-order chi connectivity index (χ1) is 15.5. The highest BCUT2D eigenvalue weighted by Crippen LogP contribution is 2.39.